The lowest BCUT2D eigenvalue weighted by molar-refractivity contribution is 0.0751. The van der Waals surface area contributed by atoms with Gasteiger partial charge in [-0.15, -0.1) is 0 Å². The van der Waals surface area contributed by atoms with Crippen LogP contribution in [0.4, 0.5) is 8.78 Å². The molecule has 0 aliphatic rings. The van der Waals surface area contributed by atoms with E-state index in [-0.39, 0.29) is 6.04 Å². The lowest BCUT2D eigenvalue weighted by atomic mass is 10.0. The first-order valence-electron chi connectivity index (χ1n) is 5.21. The zero-order valence-corrected chi connectivity index (χ0v) is 9.03. The van der Waals surface area contributed by atoms with Crippen molar-refractivity contribution in [1.82, 2.24) is 4.57 Å². The van der Waals surface area contributed by atoms with Gasteiger partial charge in [-0.1, -0.05) is 18.2 Å². The molecular formula is C12H14F2N2. The van der Waals surface area contributed by atoms with Gasteiger partial charge in [0.25, 0.3) is 0 Å². The molecule has 0 bridgehead atoms. The van der Waals surface area contributed by atoms with Crippen molar-refractivity contribution in [3.63, 3.8) is 0 Å². The summed E-state index contributed by atoms with van der Waals surface area (Å²) in [5.74, 6) is 0. The van der Waals surface area contributed by atoms with E-state index in [1.165, 1.54) is 6.20 Å². The monoisotopic (exact) mass is 224 g/mol. The Morgan fingerprint density at radius 2 is 2.06 bits per heavy atom. The molecule has 0 aliphatic heterocycles. The van der Waals surface area contributed by atoms with Gasteiger partial charge in [0.05, 0.1) is 5.52 Å². The largest absolute Gasteiger partial charge is 0.328 e. The lowest BCUT2D eigenvalue weighted by Gasteiger charge is -2.10. The van der Waals surface area contributed by atoms with Crippen molar-refractivity contribution >= 4 is 10.9 Å². The summed E-state index contributed by atoms with van der Waals surface area (Å²) >= 11 is 0. The quantitative estimate of drug-likeness (QED) is 0.853. The summed E-state index contributed by atoms with van der Waals surface area (Å²) in [6.45, 7) is -0.638. The molecule has 1 aromatic heterocycles. The Morgan fingerprint density at radius 1 is 1.31 bits per heavy atom. The van der Waals surface area contributed by atoms with Crippen LogP contribution < -0.4 is 5.73 Å². The minimum atomic E-state index is -2.51. The molecule has 0 radical (unpaired) electrons. The van der Waals surface area contributed by atoms with Gasteiger partial charge < -0.3 is 5.73 Å². The van der Waals surface area contributed by atoms with Crippen LogP contribution in [-0.4, -0.2) is 10.6 Å². The van der Waals surface area contributed by atoms with E-state index in [2.05, 4.69) is 0 Å². The number of nitrogens with two attached hydrogens (primary N) is 1. The summed E-state index contributed by atoms with van der Waals surface area (Å²) in [7, 11) is 0. The SMILES string of the molecule is CC(N)Cc1cccc2ccn(C(F)F)c12. The average molecular weight is 224 g/mol. The van der Waals surface area contributed by atoms with Gasteiger partial charge >= 0.3 is 6.55 Å². The fourth-order valence-electron chi connectivity index (χ4n) is 1.97. The number of hydrogen-bond acceptors (Lipinski definition) is 1. The third kappa shape index (κ3) is 1.93. The van der Waals surface area contributed by atoms with Crippen LogP contribution in [0.15, 0.2) is 30.5 Å². The van der Waals surface area contributed by atoms with E-state index in [1.54, 1.807) is 6.07 Å². The number of fused-ring (bicyclic) bond motifs is 1. The molecule has 86 valence electrons. The summed E-state index contributed by atoms with van der Waals surface area (Å²) in [5, 5.41) is 0.832. The maximum atomic E-state index is 12.8. The molecule has 2 aromatic rings. The number of benzene rings is 1. The lowest BCUT2D eigenvalue weighted by Crippen LogP contribution is -2.18. The van der Waals surface area contributed by atoms with Crippen LogP contribution in [-0.2, 0) is 6.42 Å². The van der Waals surface area contributed by atoms with E-state index in [0.717, 1.165) is 15.5 Å². The molecule has 1 unspecified atom stereocenters. The summed E-state index contributed by atoms with van der Waals surface area (Å²) < 4.78 is 26.6. The van der Waals surface area contributed by atoms with E-state index in [4.69, 9.17) is 5.73 Å². The van der Waals surface area contributed by atoms with Gasteiger partial charge in [0, 0.05) is 17.6 Å². The molecule has 1 atom stereocenters. The standard InChI is InChI=1S/C12H14F2N2/c1-8(15)7-10-4-2-3-9-5-6-16(11(9)10)12(13)14/h2-6,8,12H,7,15H2,1H3. The number of halogens is 2. The predicted octanol–water partition coefficient (Wildman–Crippen LogP) is 2.93. The fourth-order valence-corrected chi connectivity index (χ4v) is 1.97. The number of aromatic nitrogens is 1. The molecule has 4 heteroatoms. The highest BCUT2D eigenvalue weighted by Gasteiger charge is 2.13. The topological polar surface area (TPSA) is 30.9 Å². The Kier molecular flexibility index (Phi) is 2.92. The van der Waals surface area contributed by atoms with Gasteiger partial charge in [0.1, 0.15) is 0 Å². The molecule has 2 nitrogen and oxygen atoms in total. The molecule has 2 rings (SSSR count). The zero-order chi connectivity index (χ0) is 11.7. The molecule has 0 aliphatic carbocycles. The molecule has 0 spiro atoms. The van der Waals surface area contributed by atoms with Crippen LogP contribution >= 0.6 is 0 Å². The number of para-hydroxylation sites is 1. The molecule has 2 N–H and O–H groups in total. The van der Waals surface area contributed by atoms with Crippen LogP contribution in [0.1, 0.15) is 19.0 Å². The highest BCUT2D eigenvalue weighted by atomic mass is 19.3. The fraction of sp³-hybridized carbons (Fsp3) is 0.333. The van der Waals surface area contributed by atoms with E-state index < -0.39 is 6.55 Å². The molecular weight excluding hydrogens is 210 g/mol. The highest BCUT2D eigenvalue weighted by molar-refractivity contribution is 5.83. The van der Waals surface area contributed by atoms with Crippen molar-refractivity contribution in [2.45, 2.75) is 25.9 Å². The predicted molar refractivity (Wildman–Crippen MR) is 60.5 cm³/mol. The second kappa shape index (κ2) is 4.22. The highest BCUT2D eigenvalue weighted by Crippen LogP contribution is 2.25. The van der Waals surface area contributed by atoms with Crippen molar-refractivity contribution in [1.29, 1.82) is 0 Å². The van der Waals surface area contributed by atoms with Gasteiger partial charge in [-0.3, -0.25) is 4.57 Å². The molecule has 0 fully saturated rings. The minimum absolute atomic E-state index is 0.0355. The summed E-state index contributed by atoms with van der Waals surface area (Å²) in [6.07, 6.45) is 2.02. The maximum absolute atomic E-state index is 12.8. The van der Waals surface area contributed by atoms with Gasteiger partial charge in [0.15, 0.2) is 0 Å². The van der Waals surface area contributed by atoms with Crippen molar-refractivity contribution in [2.24, 2.45) is 5.73 Å². The Bertz CT molecular complexity index is 489. The van der Waals surface area contributed by atoms with Crippen LogP contribution in [0.2, 0.25) is 0 Å². The molecule has 1 aromatic carbocycles. The Morgan fingerprint density at radius 3 is 2.69 bits per heavy atom. The second-order valence-electron chi connectivity index (χ2n) is 4.04. The smallest absolute Gasteiger partial charge is 0.319 e. The number of alkyl halides is 2. The average Bonchev–Trinajstić information content (AvgIpc) is 2.61. The third-order valence-corrected chi connectivity index (χ3v) is 2.58. The van der Waals surface area contributed by atoms with Gasteiger partial charge in [0.2, 0.25) is 0 Å². The van der Waals surface area contributed by atoms with Crippen molar-refractivity contribution in [2.75, 3.05) is 0 Å². The van der Waals surface area contributed by atoms with E-state index >= 15 is 0 Å². The van der Waals surface area contributed by atoms with E-state index in [9.17, 15) is 8.78 Å². The summed E-state index contributed by atoms with van der Waals surface area (Å²) in [4.78, 5) is 0. The number of rotatable bonds is 3. The molecule has 16 heavy (non-hydrogen) atoms. The van der Waals surface area contributed by atoms with Crippen molar-refractivity contribution in [3.05, 3.63) is 36.0 Å². The summed E-state index contributed by atoms with van der Waals surface area (Å²) in [6, 6.07) is 7.22. The van der Waals surface area contributed by atoms with Crippen LogP contribution in [0.25, 0.3) is 10.9 Å². The van der Waals surface area contributed by atoms with Crippen LogP contribution in [0, 0.1) is 0 Å². The van der Waals surface area contributed by atoms with Crippen molar-refractivity contribution in [3.8, 4) is 0 Å². The Labute approximate surface area is 92.7 Å². The summed E-state index contributed by atoms with van der Waals surface area (Å²) in [5.41, 5.74) is 7.18. The second-order valence-corrected chi connectivity index (χ2v) is 4.04. The molecule has 0 saturated heterocycles. The first-order valence-corrected chi connectivity index (χ1v) is 5.21. The first kappa shape index (κ1) is 11.1. The van der Waals surface area contributed by atoms with Crippen molar-refractivity contribution < 1.29 is 8.78 Å². The number of hydrogen-bond donors (Lipinski definition) is 1. The van der Waals surface area contributed by atoms with Gasteiger partial charge in [-0.2, -0.15) is 8.78 Å². The maximum Gasteiger partial charge on any atom is 0.319 e. The number of nitrogens with zero attached hydrogens (tertiary/aromatic N) is 1. The Hall–Kier alpha value is -1.42. The van der Waals surface area contributed by atoms with Crippen LogP contribution in [0.3, 0.4) is 0 Å². The van der Waals surface area contributed by atoms with Gasteiger partial charge in [-0.05, 0) is 25.0 Å². The molecule has 1 heterocycles. The molecule has 0 saturated carbocycles. The van der Waals surface area contributed by atoms with Crippen LogP contribution in [0.5, 0.6) is 0 Å². The normalized spacial score (nSPS) is 13.6. The molecule has 0 amide bonds. The van der Waals surface area contributed by atoms with Gasteiger partial charge in [-0.25, -0.2) is 0 Å². The first-order chi connectivity index (χ1) is 7.59. The third-order valence-electron chi connectivity index (χ3n) is 2.58. The Balaban J connectivity index is 2.59. The minimum Gasteiger partial charge on any atom is -0.328 e. The van der Waals surface area contributed by atoms with E-state index in [0.29, 0.717) is 11.9 Å². The van der Waals surface area contributed by atoms with E-state index in [1.807, 2.05) is 25.1 Å². The zero-order valence-electron chi connectivity index (χ0n) is 9.03.